The molecule has 2 aliphatic carbocycles. The topological polar surface area (TPSA) is 50.4 Å². The molecule has 0 bridgehead atoms. The molecule has 2 saturated carbocycles. The van der Waals surface area contributed by atoms with E-state index in [0.29, 0.717) is 6.04 Å². The van der Waals surface area contributed by atoms with E-state index in [2.05, 4.69) is 5.43 Å². The molecule has 0 unspecified atom stereocenters. The fourth-order valence-corrected chi connectivity index (χ4v) is 3.60. The minimum Gasteiger partial charge on any atom is -0.312 e. The van der Waals surface area contributed by atoms with E-state index in [1.54, 1.807) is 0 Å². The van der Waals surface area contributed by atoms with Gasteiger partial charge in [-0.05, 0) is 25.2 Å². The van der Waals surface area contributed by atoms with Crippen LogP contribution in [0.3, 0.4) is 0 Å². The molecule has 0 amide bonds. The van der Waals surface area contributed by atoms with Gasteiger partial charge in [0.05, 0.1) is 6.04 Å². The number of nitrogens with zero attached hydrogens (tertiary/aromatic N) is 1. The summed E-state index contributed by atoms with van der Waals surface area (Å²) in [6.45, 7) is 0. The first-order valence-electron chi connectivity index (χ1n) is 8.42. The summed E-state index contributed by atoms with van der Waals surface area (Å²) in [5.74, 6) is 7.64. The third-order valence-corrected chi connectivity index (χ3v) is 4.84. The molecule has 2 fully saturated rings. The van der Waals surface area contributed by atoms with Crippen molar-refractivity contribution in [2.75, 3.05) is 0 Å². The third-order valence-electron chi connectivity index (χ3n) is 4.84. The summed E-state index contributed by atoms with van der Waals surface area (Å²) in [5.41, 5.74) is 2.86. The van der Waals surface area contributed by atoms with Crippen molar-refractivity contribution in [2.24, 2.45) is 16.8 Å². The van der Waals surface area contributed by atoms with Crippen LogP contribution < -0.4 is 11.3 Å². The predicted octanol–water partition coefficient (Wildman–Crippen LogP) is 3.93. The Morgan fingerprint density at radius 1 is 0.895 bits per heavy atom. The molecular weight excluding hydrogens is 234 g/mol. The highest BCUT2D eigenvalue weighted by atomic mass is 15.3. The Morgan fingerprint density at radius 2 is 1.47 bits per heavy atom. The van der Waals surface area contributed by atoms with Crippen LogP contribution in [0.15, 0.2) is 4.99 Å². The fourth-order valence-electron chi connectivity index (χ4n) is 3.60. The summed E-state index contributed by atoms with van der Waals surface area (Å²) in [4.78, 5) is 4.88. The van der Waals surface area contributed by atoms with E-state index in [-0.39, 0.29) is 0 Å². The molecule has 3 nitrogen and oxygen atoms in total. The standard InChI is InChI=1S/C16H31N3/c17-19-16(13-12-14-8-4-3-5-9-14)18-15-10-6-1-2-7-11-15/h14-15H,1-13,17H2,(H,18,19). The number of hydrazine groups is 1. The zero-order valence-electron chi connectivity index (χ0n) is 12.4. The minimum absolute atomic E-state index is 0.528. The second kappa shape index (κ2) is 8.57. The smallest absolute Gasteiger partial charge is 0.111 e. The van der Waals surface area contributed by atoms with Crippen molar-refractivity contribution in [3.8, 4) is 0 Å². The number of aliphatic imine (C=N–C) groups is 1. The van der Waals surface area contributed by atoms with Crippen molar-refractivity contribution in [1.29, 1.82) is 0 Å². The van der Waals surface area contributed by atoms with Crippen LogP contribution in [0.5, 0.6) is 0 Å². The van der Waals surface area contributed by atoms with Crippen LogP contribution >= 0.6 is 0 Å². The summed E-state index contributed by atoms with van der Waals surface area (Å²) in [7, 11) is 0. The molecule has 0 atom stereocenters. The molecule has 3 N–H and O–H groups in total. The molecule has 0 aromatic heterocycles. The van der Waals surface area contributed by atoms with Crippen LogP contribution in [0, 0.1) is 5.92 Å². The van der Waals surface area contributed by atoms with Gasteiger partial charge in [-0.25, -0.2) is 5.84 Å². The molecule has 0 aliphatic heterocycles. The van der Waals surface area contributed by atoms with Gasteiger partial charge in [-0.15, -0.1) is 0 Å². The highest BCUT2D eigenvalue weighted by molar-refractivity contribution is 5.81. The molecule has 0 heterocycles. The molecule has 2 rings (SSSR count). The van der Waals surface area contributed by atoms with Gasteiger partial charge in [0.2, 0.25) is 0 Å². The molecule has 19 heavy (non-hydrogen) atoms. The first-order chi connectivity index (χ1) is 9.38. The van der Waals surface area contributed by atoms with Crippen LogP contribution in [-0.2, 0) is 0 Å². The second-order valence-electron chi connectivity index (χ2n) is 6.41. The van der Waals surface area contributed by atoms with Crippen LogP contribution in [0.2, 0.25) is 0 Å². The number of nitrogens with one attached hydrogen (secondary N) is 1. The molecule has 3 heteroatoms. The van der Waals surface area contributed by atoms with E-state index in [0.717, 1.165) is 18.2 Å². The predicted molar refractivity (Wildman–Crippen MR) is 82.1 cm³/mol. The third kappa shape index (κ3) is 5.52. The van der Waals surface area contributed by atoms with Gasteiger partial charge in [0.1, 0.15) is 5.84 Å². The lowest BCUT2D eigenvalue weighted by atomic mass is 9.86. The second-order valence-corrected chi connectivity index (χ2v) is 6.41. The van der Waals surface area contributed by atoms with Gasteiger partial charge < -0.3 is 5.43 Å². The average molecular weight is 265 g/mol. The molecule has 0 radical (unpaired) electrons. The highest BCUT2D eigenvalue weighted by Gasteiger charge is 2.15. The van der Waals surface area contributed by atoms with Crippen molar-refractivity contribution in [1.82, 2.24) is 5.43 Å². The zero-order valence-corrected chi connectivity index (χ0v) is 12.4. The number of rotatable bonds is 4. The maximum Gasteiger partial charge on any atom is 0.111 e. The Bertz CT molecular complexity index is 261. The quantitative estimate of drug-likeness (QED) is 0.266. The van der Waals surface area contributed by atoms with Gasteiger partial charge in [-0.2, -0.15) is 0 Å². The molecule has 0 aromatic rings. The van der Waals surface area contributed by atoms with E-state index in [1.807, 2.05) is 0 Å². The Labute approximate surface area is 118 Å². The zero-order chi connectivity index (χ0) is 13.3. The lowest BCUT2D eigenvalue weighted by Gasteiger charge is -2.22. The van der Waals surface area contributed by atoms with Crippen molar-refractivity contribution >= 4 is 5.84 Å². The van der Waals surface area contributed by atoms with Crippen LogP contribution in [0.1, 0.15) is 83.5 Å². The normalized spacial score (nSPS) is 24.2. The van der Waals surface area contributed by atoms with Crippen molar-refractivity contribution < 1.29 is 0 Å². The van der Waals surface area contributed by atoms with E-state index >= 15 is 0 Å². The first kappa shape index (κ1) is 14.8. The maximum absolute atomic E-state index is 5.66. The van der Waals surface area contributed by atoms with Gasteiger partial charge in [-0.3, -0.25) is 4.99 Å². The van der Waals surface area contributed by atoms with Crippen LogP contribution in [0.4, 0.5) is 0 Å². The van der Waals surface area contributed by atoms with Crippen LogP contribution in [-0.4, -0.2) is 11.9 Å². The molecule has 0 aromatic carbocycles. The van der Waals surface area contributed by atoms with Gasteiger partial charge in [0.15, 0.2) is 0 Å². The molecule has 110 valence electrons. The monoisotopic (exact) mass is 265 g/mol. The first-order valence-corrected chi connectivity index (χ1v) is 8.42. The summed E-state index contributed by atoms with van der Waals surface area (Å²) >= 11 is 0. The van der Waals surface area contributed by atoms with Gasteiger partial charge in [0, 0.05) is 6.42 Å². The SMILES string of the molecule is NNC(CCC1CCCCC1)=NC1CCCCCC1. The fraction of sp³-hybridized carbons (Fsp3) is 0.938. The Morgan fingerprint density at radius 3 is 2.11 bits per heavy atom. The molecule has 2 aliphatic rings. The minimum atomic E-state index is 0.528. The van der Waals surface area contributed by atoms with Crippen molar-refractivity contribution in [3.63, 3.8) is 0 Å². The van der Waals surface area contributed by atoms with Crippen LogP contribution in [0.25, 0.3) is 0 Å². The Balaban J connectivity index is 1.77. The van der Waals surface area contributed by atoms with E-state index in [9.17, 15) is 0 Å². The lowest BCUT2D eigenvalue weighted by molar-refractivity contribution is 0.342. The van der Waals surface area contributed by atoms with Crippen molar-refractivity contribution in [3.05, 3.63) is 0 Å². The average Bonchev–Trinajstić information content (AvgIpc) is 2.73. The van der Waals surface area contributed by atoms with E-state index in [4.69, 9.17) is 10.8 Å². The highest BCUT2D eigenvalue weighted by Crippen LogP contribution is 2.27. The Kier molecular flexibility index (Phi) is 6.69. The number of hydrogen-bond donors (Lipinski definition) is 2. The number of nitrogens with two attached hydrogens (primary N) is 1. The lowest BCUT2D eigenvalue weighted by Crippen LogP contribution is -2.32. The van der Waals surface area contributed by atoms with Gasteiger partial charge in [-0.1, -0.05) is 57.8 Å². The summed E-state index contributed by atoms with van der Waals surface area (Å²) in [6.07, 6.45) is 17.4. The molecule has 0 saturated heterocycles. The summed E-state index contributed by atoms with van der Waals surface area (Å²) in [5, 5.41) is 0. The summed E-state index contributed by atoms with van der Waals surface area (Å²) < 4.78 is 0. The van der Waals surface area contributed by atoms with Gasteiger partial charge in [0.25, 0.3) is 0 Å². The largest absolute Gasteiger partial charge is 0.312 e. The maximum atomic E-state index is 5.66. The van der Waals surface area contributed by atoms with Crippen molar-refractivity contribution in [2.45, 2.75) is 89.5 Å². The molecular formula is C16H31N3. The molecule has 0 spiro atoms. The van der Waals surface area contributed by atoms with Gasteiger partial charge >= 0.3 is 0 Å². The Hall–Kier alpha value is -0.570. The number of hydrogen-bond acceptors (Lipinski definition) is 2. The van der Waals surface area contributed by atoms with E-state index < -0.39 is 0 Å². The van der Waals surface area contributed by atoms with E-state index in [1.165, 1.54) is 77.0 Å². The summed E-state index contributed by atoms with van der Waals surface area (Å²) in [6, 6.07) is 0.528. The number of amidine groups is 1.